The fourth-order valence-corrected chi connectivity index (χ4v) is 2.20. The van der Waals surface area contributed by atoms with E-state index in [2.05, 4.69) is 10.6 Å². The lowest BCUT2D eigenvalue weighted by atomic mass is 10.1. The second kappa shape index (κ2) is 8.07. The van der Waals surface area contributed by atoms with Crippen LogP contribution in [-0.4, -0.2) is 54.8 Å². The quantitative estimate of drug-likeness (QED) is 0.661. The van der Waals surface area contributed by atoms with Gasteiger partial charge in [-0.1, -0.05) is 0 Å². The first-order chi connectivity index (χ1) is 9.78. The first-order valence-electron chi connectivity index (χ1n) is 7.52. The maximum absolute atomic E-state index is 11.4. The largest absolute Gasteiger partial charge is 0.444 e. The Morgan fingerprint density at radius 1 is 1.24 bits per heavy atom. The third-order valence-electron chi connectivity index (χ3n) is 3.26. The molecule has 0 spiro atoms. The van der Waals surface area contributed by atoms with E-state index in [-0.39, 0.29) is 12.1 Å². The van der Waals surface area contributed by atoms with Gasteiger partial charge in [0.25, 0.3) is 0 Å². The summed E-state index contributed by atoms with van der Waals surface area (Å²) in [5.41, 5.74) is 4.78. The summed E-state index contributed by atoms with van der Waals surface area (Å²) in [5.74, 6) is 0. The van der Waals surface area contributed by atoms with Gasteiger partial charge in [-0.25, -0.2) is 9.59 Å². The minimum Gasteiger partial charge on any atom is -0.444 e. The summed E-state index contributed by atoms with van der Waals surface area (Å²) >= 11 is 0. The zero-order valence-electron chi connectivity index (χ0n) is 13.3. The Morgan fingerprint density at radius 3 is 2.38 bits per heavy atom. The van der Waals surface area contributed by atoms with Gasteiger partial charge in [-0.15, -0.1) is 0 Å². The molecule has 0 atom stereocenters. The van der Waals surface area contributed by atoms with Crippen LogP contribution in [0, 0.1) is 0 Å². The number of carbonyl (C=O) groups excluding carboxylic acids is 2. The molecule has 7 heteroatoms. The van der Waals surface area contributed by atoms with Gasteiger partial charge in [0, 0.05) is 25.7 Å². The summed E-state index contributed by atoms with van der Waals surface area (Å²) in [6, 6.07) is 0.0807. The Labute approximate surface area is 126 Å². The summed E-state index contributed by atoms with van der Waals surface area (Å²) in [6.45, 7) is 8.36. The molecule has 1 rings (SSSR count). The molecule has 0 aromatic rings. The number of hydrogen-bond donors (Lipinski definition) is 3. The van der Waals surface area contributed by atoms with Crippen LogP contribution < -0.4 is 16.4 Å². The fraction of sp³-hybridized carbons (Fsp3) is 0.857. The van der Waals surface area contributed by atoms with Crippen LogP contribution in [-0.2, 0) is 4.74 Å². The molecule has 0 aromatic heterocycles. The average Bonchev–Trinajstić information content (AvgIpc) is 2.36. The Hall–Kier alpha value is -1.50. The first-order valence-corrected chi connectivity index (χ1v) is 7.52. The Morgan fingerprint density at radius 2 is 1.86 bits per heavy atom. The number of amides is 3. The van der Waals surface area contributed by atoms with Crippen molar-refractivity contribution in [3.05, 3.63) is 0 Å². The highest BCUT2D eigenvalue weighted by atomic mass is 16.6. The van der Waals surface area contributed by atoms with Gasteiger partial charge < -0.3 is 26.0 Å². The molecule has 0 aromatic carbocycles. The van der Waals surface area contributed by atoms with Crippen LogP contribution in [0.25, 0.3) is 0 Å². The Bertz CT molecular complexity index is 347. The Balaban J connectivity index is 2.03. The van der Waals surface area contributed by atoms with Crippen molar-refractivity contribution in [3.8, 4) is 0 Å². The van der Waals surface area contributed by atoms with Crippen LogP contribution in [0.15, 0.2) is 0 Å². The maximum Gasteiger partial charge on any atom is 0.407 e. The standard InChI is InChI=1S/C14H28N4O3/c1-14(2,3)21-13(20)17-8-4-7-16-11-5-9-18(10-6-11)12(15)19/h11,16H,4-10H2,1-3H3,(H2,15,19)(H,17,20). The van der Waals surface area contributed by atoms with E-state index in [0.717, 1.165) is 25.8 Å². The van der Waals surface area contributed by atoms with Gasteiger partial charge in [-0.05, 0) is 46.6 Å². The third-order valence-corrected chi connectivity index (χ3v) is 3.26. The average molecular weight is 300 g/mol. The number of nitrogens with two attached hydrogens (primary N) is 1. The maximum atomic E-state index is 11.4. The van der Waals surface area contributed by atoms with E-state index < -0.39 is 5.60 Å². The van der Waals surface area contributed by atoms with Crippen LogP contribution >= 0.6 is 0 Å². The van der Waals surface area contributed by atoms with Crippen molar-refractivity contribution in [3.63, 3.8) is 0 Å². The number of piperidine rings is 1. The predicted octanol–water partition coefficient (Wildman–Crippen LogP) is 1.03. The lowest BCUT2D eigenvalue weighted by molar-refractivity contribution is 0.0527. The van der Waals surface area contributed by atoms with Gasteiger partial charge in [-0.2, -0.15) is 0 Å². The van der Waals surface area contributed by atoms with Crippen molar-refractivity contribution in [1.82, 2.24) is 15.5 Å². The van der Waals surface area contributed by atoms with E-state index in [1.807, 2.05) is 20.8 Å². The number of carbonyl (C=O) groups is 2. The van der Waals surface area contributed by atoms with Crippen molar-refractivity contribution >= 4 is 12.1 Å². The molecular formula is C14H28N4O3. The summed E-state index contributed by atoms with van der Waals surface area (Å²) in [5, 5.41) is 6.16. The topological polar surface area (TPSA) is 96.7 Å². The number of primary amides is 1. The minimum atomic E-state index is -0.462. The fourth-order valence-electron chi connectivity index (χ4n) is 2.20. The number of ether oxygens (including phenoxy) is 1. The number of alkyl carbamates (subject to hydrolysis) is 1. The molecule has 1 fully saturated rings. The van der Waals surface area contributed by atoms with Crippen molar-refractivity contribution in [1.29, 1.82) is 0 Å². The molecule has 122 valence electrons. The van der Waals surface area contributed by atoms with Crippen LogP contribution in [0.1, 0.15) is 40.0 Å². The zero-order chi connectivity index (χ0) is 15.9. The highest BCUT2D eigenvalue weighted by Crippen LogP contribution is 2.09. The molecular weight excluding hydrogens is 272 g/mol. The molecule has 0 unspecified atom stereocenters. The minimum absolute atomic E-state index is 0.338. The van der Waals surface area contributed by atoms with Crippen molar-refractivity contribution < 1.29 is 14.3 Å². The molecule has 0 bridgehead atoms. The van der Waals surface area contributed by atoms with E-state index in [1.54, 1.807) is 4.90 Å². The molecule has 1 saturated heterocycles. The molecule has 1 aliphatic heterocycles. The summed E-state index contributed by atoms with van der Waals surface area (Å²) < 4.78 is 5.15. The second-order valence-corrected chi connectivity index (χ2v) is 6.34. The molecule has 0 radical (unpaired) electrons. The number of rotatable bonds is 5. The lowest BCUT2D eigenvalue weighted by Crippen LogP contribution is -2.47. The summed E-state index contributed by atoms with van der Waals surface area (Å²) in [7, 11) is 0. The van der Waals surface area contributed by atoms with E-state index >= 15 is 0 Å². The number of nitrogens with zero attached hydrogens (tertiary/aromatic N) is 1. The monoisotopic (exact) mass is 300 g/mol. The van der Waals surface area contributed by atoms with E-state index in [1.165, 1.54) is 0 Å². The third kappa shape index (κ3) is 7.75. The number of likely N-dealkylation sites (tertiary alicyclic amines) is 1. The van der Waals surface area contributed by atoms with E-state index in [4.69, 9.17) is 10.5 Å². The van der Waals surface area contributed by atoms with E-state index in [0.29, 0.717) is 25.7 Å². The van der Waals surface area contributed by atoms with Crippen molar-refractivity contribution in [2.24, 2.45) is 5.73 Å². The molecule has 4 N–H and O–H groups in total. The van der Waals surface area contributed by atoms with Gasteiger partial charge in [0.2, 0.25) is 0 Å². The van der Waals surface area contributed by atoms with Gasteiger partial charge >= 0.3 is 12.1 Å². The van der Waals surface area contributed by atoms with Crippen molar-refractivity contribution in [2.75, 3.05) is 26.2 Å². The van der Waals surface area contributed by atoms with Crippen LogP contribution in [0.4, 0.5) is 9.59 Å². The SMILES string of the molecule is CC(C)(C)OC(=O)NCCCNC1CCN(C(N)=O)CC1. The summed E-state index contributed by atoms with van der Waals surface area (Å²) in [6.07, 6.45) is 2.30. The predicted molar refractivity (Wildman–Crippen MR) is 81.0 cm³/mol. The number of nitrogens with one attached hydrogen (secondary N) is 2. The van der Waals surface area contributed by atoms with Crippen LogP contribution in [0.5, 0.6) is 0 Å². The molecule has 3 amide bonds. The second-order valence-electron chi connectivity index (χ2n) is 6.34. The molecule has 7 nitrogen and oxygen atoms in total. The highest BCUT2D eigenvalue weighted by Gasteiger charge is 2.20. The lowest BCUT2D eigenvalue weighted by Gasteiger charge is -2.31. The van der Waals surface area contributed by atoms with Gasteiger partial charge in [0.05, 0.1) is 0 Å². The van der Waals surface area contributed by atoms with Gasteiger partial charge in [0.15, 0.2) is 0 Å². The highest BCUT2D eigenvalue weighted by molar-refractivity contribution is 5.72. The van der Waals surface area contributed by atoms with Gasteiger partial charge in [0.1, 0.15) is 5.60 Å². The number of urea groups is 1. The molecule has 21 heavy (non-hydrogen) atoms. The van der Waals surface area contributed by atoms with Gasteiger partial charge in [-0.3, -0.25) is 0 Å². The first kappa shape index (κ1) is 17.6. The van der Waals surface area contributed by atoms with Crippen molar-refractivity contribution in [2.45, 2.75) is 51.7 Å². The zero-order valence-corrected chi connectivity index (χ0v) is 13.3. The Kier molecular flexibility index (Phi) is 6.74. The van der Waals surface area contributed by atoms with E-state index in [9.17, 15) is 9.59 Å². The number of hydrogen-bond acceptors (Lipinski definition) is 4. The summed E-state index contributed by atoms with van der Waals surface area (Å²) in [4.78, 5) is 24.1. The molecule has 0 aliphatic carbocycles. The van der Waals surface area contributed by atoms with Crippen LogP contribution in [0.2, 0.25) is 0 Å². The molecule has 1 aliphatic rings. The van der Waals surface area contributed by atoms with Crippen LogP contribution in [0.3, 0.4) is 0 Å². The normalized spacial score (nSPS) is 16.6. The molecule has 0 saturated carbocycles. The smallest absolute Gasteiger partial charge is 0.407 e. The molecule has 1 heterocycles.